The standard InChI is InChI=1S/C57H33N3O/c1-3-16-35(17-4-1)52-55-53(42-23-11-14-26-49(42)61-55)59-56(58-52)36-28-32-48-43(33-36)41-29-31-47-51(54(41)60(48)37-18-5-2-6-19-37)50-38-20-8-7-15-34(38)27-30-46(50)57(47)44-24-12-9-21-39(44)40-22-10-13-25-45(40)57/h1-33H. The molecule has 0 aliphatic heterocycles. The summed E-state index contributed by atoms with van der Waals surface area (Å²) < 4.78 is 8.96. The van der Waals surface area contributed by atoms with E-state index in [0.29, 0.717) is 11.4 Å². The average molecular weight is 776 g/mol. The van der Waals surface area contributed by atoms with Gasteiger partial charge in [-0.3, -0.25) is 0 Å². The molecule has 9 aromatic carbocycles. The van der Waals surface area contributed by atoms with Crippen molar-refractivity contribution in [2.24, 2.45) is 0 Å². The lowest BCUT2D eigenvalue weighted by atomic mass is 9.70. The SMILES string of the molecule is c1ccc(-c2nc(-c3ccc4c(c3)c3ccc5c(c3n4-c3ccccc3)-c3c(ccc4ccccc34)C53c4ccccc4-c4ccccc43)nc3c2oc2ccccc23)cc1. The number of furan rings is 1. The summed E-state index contributed by atoms with van der Waals surface area (Å²) >= 11 is 0. The van der Waals surface area contributed by atoms with Gasteiger partial charge in [0.05, 0.1) is 16.4 Å². The Labute approximate surface area is 350 Å². The third-order valence-corrected chi connectivity index (χ3v) is 13.4. The van der Waals surface area contributed by atoms with Crippen molar-refractivity contribution >= 4 is 54.6 Å². The maximum absolute atomic E-state index is 6.47. The van der Waals surface area contributed by atoms with E-state index in [0.717, 1.165) is 49.9 Å². The smallest absolute Gasteiger partial charge is 0.180 e. The molecule has 0 saturated heterocycles. The molecule has 12 aromatic rings. The third-order valence-electron chi connectivity index (χ3n) is 13.4. The molecule has 2 aliphatic carbocycles. The first-order chi connectivity index (χ1) is 30.3. The molecule has 0 fully saturated rings. The highest BCUT2D eigenvalue weighted by Crippen LogP contribution is 2.65. The predicted octanol–water partition coefficient (Wildman–Crippen LogP) is 14.3. The van der Waals surface area contributed by atoms with E-state index in [9.17, 15) is 0 Å². The number of hydrogen-bond acceptors (Lipinski definition) is 3. The van der Waals surface area contributed by atoms with Gasteiger partial charge in [-0.05, 0) is 92.2 Å². The Morgan fingerprint density at radius 3 is 1.90 bits per heavy atom. The van der Waals surface area contributed by atoms with Crippen molar-refractivity contribution in [1.29, 1.82) is 0 Å². The highest BCUT2D eigenvalue weighted by atomic mass is 16.3. The van der Waals surface area contributed by atoms with E-state index in [-0.39, 0.29) is 0 Å². The quantitative estimate of drug-likeness (QED) is 0.180. The summed E-state index contributed by atoms with van der Waals surface area (Å²) in [5.74, 6) is 0.663. The number of hydrogen-bond donors (Lipinski definition) is 0. The summed E-state index contributed by atoms with van der Waals surface area (Å²) in [4.78, 5) is 10.6. The van der Waals surface area contributed by atoms with Crippen molar-refractivity contribution in [2.45, 2.75) is 5.41 Å². The van der Waals surface area contributed by atoms with Crippen molar-refractivity contribution in [1.82, 2.24) is 14.5 Å². The second-order valence-corrected chi connectivity index (χ2v) is 16.4. The normalized spacial score (nSPS) is 13.4. The van der Waals surface area contributed by atoms with Gasteiger partial charge >= 0.3 is 0 Å². The molecule has 0 bridgehead atoms. The van der Waals surface area contributed by atoms with Gasteiger partial charge in [-0.25, -0.2) is 9.97 Å². The summed E-state index contributed by atoms with van der Waals surface area (Å²) in [5.41, 5.74) is 18.5. The molecular formula is C57H33N3O. The molecule has 0 saturated carbocycles. The van der Waals surface area contributed by atoms with Gasteiger partial charge in [0.25, 0.3) is 0 Å². The molecule has 0 amide bonds. The number of nitrogens with zero attached hydrogens (tertiary/aromatic N) is 3. The minimum absolute atomic E-state index is 0.482. The largest absolute Gasteiger partial charge is 0.452 e. The molecule has 14 rings (SSSR count). The summed E-state index contributed by atoms with van der Waals surface area (Å²) in [7, 11) is 0. The van der Waals surface area contributed by atoms with Crippen LogP contribution in [-0.2, 0) is 5.41 Å². The van der Waals surface area contributed by atoms with Crippen LogP contribution in [0.1, 0.15) is 22.3 Å². The molecule has 2 aliphatic rings. The van der Waals surface area contributed by atoms with Crippen LogP contribution in [0.25, 0.3) is 105 Å². The van der Waals surface area contributed by atoms with Crippen LogP contribution in [0.3, 0.4) is 0 Å². The van der Waals surface area contributed by atoms with Crippen molar-refractivity contribution in [3.05, 3.63) is 222 Å². The Kier molecular flexibility index (Phi) is 6.46. The highest BCUT2D eigenvalue weighted by Gasteiger charge is 2.52. The molecular weight excluding hydrogens is 743 g/mol. The topological polar surface area (TPSA) is 43.9 Å². The van der Waals surface area contributed by atoms with E-state index in [2.05, 4.69) is 168 Å². The number of fused-ring (bicyclic) bond motifs is 19. The Balaban J connectivity index is 1.12. The van der Waals surface area contributed by atoms with Crippen LogP contribution in [0.4, 0.5) is 0 Å². The van der Waals surface area contributed by atoms with Gasteiger partial charge in [0.1, 0.15) is 16.8 Å². The van der Waals surface area contributed by atoms with E-state index >= 15 is 0 Å². The van der Waals surface area contributed by atoms with Gasteiger partial charge < -0.3 is 8.98 Å². The molecule has 0 radical (unpaired) electrons. The fraction of sp³-hybridized carbons (Fsp3) is 0.0175. The van der Waals surface area contributed by atoms with Gasteiger partial charge in [-0.15, -0.1) is 0 Å². The van der Waals surface area contributed by atoms with E-state index in [1.165, 1.54) is 66.2 Å². The maximum Gasteiger partial charge on any atom is 0.180 e. The second-order valence-electron chi connectivity index (χ2n) is 16.4. The van der Waals surface area contributed by atoms with E-state index in [1.54, 1.807) is 0 Å². The summed E-state index contributed by atoms with van der Waals surface area (Å²) in [5, 5.41) is 5.81. The zero-order chi connectivity index (χ0) is 39.8. The van der Waals surface area contributed by atoms with E-state index in [1.807, 2.05) is 36.4 Å². The van der Waals surface area contributed by atoms with Gasteiger partial charge in [-0.2, -0.15) is 0 Å². The molecule has 0 unspecified atom stereocenters. The molecule has 1 spiro atoms. The molecule has 282 valence electrons. The molecule has 3 heterocycles. The number of para-hydroxylation sites is 2. The predicted molar refractivity (Wildman–Crippen MR) is 248 cm³/mol. The van der Waals surface area contributed by atoms with Crippen LogP contribution in [0.5, 0.6) is 0 Å². The van der Waals surface area contributed by atoms with Gasteiger partial charge in [-0.1, -0.05) is 158 Å². The lowest BCUT2D eigenvalue weighted by molar-refractivity contribution is 0.667. The third kappa shape index (κ3) is 4.23. The fourth-order valence-corrected chi connectivity index (χ4v) is 11.0. The summed E-state index contributed by atoms with van der Waals surface area (Å²) in [6.07, 6.45) is 0. The zero-order valence-electron chi connectivity index (χ0n) is 32.8. The van der Waals surface area contributed by atoms with Gasteiger partial charge in [0.2, 0.25) is 0 Å². The summed E-state index contributed by atoms with van der Waals surface area (Å²) in [6.45, 7) is 0. The Morgan fingerprint density at radius 2 is 1.10 bits per heavy atom. The number of benzene rings is 9. The first-order valence-electron chi connectivity index (χ1n) is 20.9. The van der Waals surface area contributed by atoms with Crippen LogP contribution in [0.2, 0.25) is 0 Å². The van der Waals surface area contributed by atoms with Gasteiger partial charge in [0, 0.05) is 38.5 Å². The molecule has 61 heavy (non-hydrogen) atoms. The second kappa shape index (κ2) is 12.0. The van der Waals surface area contributed by atoms with Crippen molar-refractivity contribution < 1.29 is 4.42 Å². The number of rotatable bonds is 3. The lowest BCUT2D eigenvalue weighted by Gasteiger charge is -2.30. The Hall–Kier alpha value is -8.08. The van der Waals surface area contributed by atoms with Crippen LogP contribution in [0, 0.1) is 0 Å². The monoisotopic (exact) mass is 775 g/mol. The molecule has 0 N–H and O–H groups in total. The Morgan fingerprint density at radius 1 is 0.443 bits per heavy atom. The number of aromatic nitrogens is 3. The summed E-state index contributed by atoms with van der Waals surface area (Å²) in [6, 6.07) is 72.6. The van der Waals surface area contributed by atoms with Crippen molar-refractivity contribution in [2.75, 3.05) is 0 Å². The molecule has 4 nitrogen and oxygen atoms in total. The van der Waals surface area contributed by atoms with Crippen LogP contribution in [-0.4, -0.2) is 14.5 Å². The van der Waals surface area contributed by atoms with Crippen molar-refractivity contribution in [3.8, 4) is 50.6 Å². The van der Waals surface area contributed by atoms with Crippen molar-refractivity contribution in [3.63, 3.8) is 0 Å². The van der Waals surface area contributed by atoms with Crippen LogP contribution < -0.4 is 0 Å². The molecule has 0 atom stereocenters. The minimum Gasteiger partial charge on any atom is -0.452 e. The average Bonchev–Trinajstić information content (AvgIpc) is 4.05. The van der Waals surface area contributed by atoms with E-state index < -0.39 is 5.41 Å². The maximum atomic E-state index is 6.47. The zero-order valence-corrected chi connectivity index (χ0v) is 32.8. The van der Waals surface area contributed by atoms with Crippen LogP contribution >= 0.6 is 0 Å². The highest BCUT2D eigenvalue weighted by molar-refractivity contribution is 6.20. The lowest BCUT2D eigenvalue weighted by Crippen LogP contribution is -2.25. The molecule has 4 heteroatoms. The Bertz CT molecular complexity index is 3780. The van der Waals surface area contributed by atoms with Crippen LogP contribution in [0.15, 0.2) is 205 Å². The fourth-order valence-electron chi connectivity index (χ4n) is 11.0. The first kappa shape index (κ1) is 32.8. The first-order valence-corrected chi connectivity index (χ1v) is 20.9. The minimum atomic E-state index is -0.482. The molecule has 3 aromatic heterocycles. The van der Waals surface area contributed by atoms with Gasteiger partial charge in [0.15, 0.2) is 11.4 Å². The van der Waals surface area contributed by atoms with E-state index in [4.69, 9.17) is 14.4 Å².